The van der Waals surface area contributed by atoms with Crippen LogP contribution in [0.5, 0.6) is 0 Å². The molecule has 2 rings (SSSR count). The first kappa shape index (κ1) is 19.9. The van der Waals surface area contributed by atoms with Gasteiger partial charge in [0.15, 0.2) is 21.6 Å². The Labute approximate surface area is 137 Å². The van der Waals surface area contributed by atoms with E-state index in [1.807, 2.05) is 0 Å². The van der Waals surface area contributed by atoms with Gasteiger partial charge in [0.2, 0.25) is 0 Å². The van der Waals surface area contributed by atoms with Crippen molar-refractivity contribution in [1.29, 1.82) is 0 Å². The lowest BCUT2D eigenvalue weighted by molar-refractivity contribution is -0.222. The van der Waals surface area contributed by atoms with E-state index in [-0.39, 0.29) is 0 Å². The number of rotatable bonds is 4. The molecule has 2 fully saturated rings. The maximum atomic E-state index is 12.7. The molecule has 2 saturated heterocycles. The number of hydrogen-bond donors (Lipinski definition) is 7. The summed E-state index contributed by atoms with van der Waals surface area (Å²) in [5.41, 5.74) is -2.02. The molecule has 11 nitrogen and oxygen atoms in total. The van der Waals surface area contributed by atoms with Crippen molar-refractivity contribution in [2.75, 3.05) is 13.2 Å². The third-order valence-electron chi connectivity index (χ3n) is 4.31. The van der Waals surface area contributed by atoms with Crippen molar-refractivity contribution in [2.45, 2.75) is 60.0 Å². The Balaban J connectivity index is 2.30. The van der Waals surface area contributed by atoms with Crippen molar-refractivity contribution in [2.24, 2.45) is 0 Å². The molecule has 0 bridgehead atoms. The van der Waals surface area contributed by atoms with Crippen LogP contribution in [0.4, 0.5) is 0 Å². The Bertz CT molecular complexity index is 523. The smallest absolute Gasteiger partial charge is 0.187 e. The zero-order valence-electron chi connectivity index (χ0n) is 12.5. The van der Waals surface area contributed by atoms with Gasteiger partial charge in [-0.1, -0.05) is 0 Å². The third kappa shape index (κ3) is 3.44. The van der Waals surface area contributed by atoms with Crippen LogP contribution in [-0.2, 0) is 19.3 Å². The Kier molecular flexibility index (Phi) is 6.18. The van der Waals surface area contributed by atoms with E-state index in [1.165, 1.54) is 0 Å². The first-order chi connectivity index (χ1) is 11.1. The van der Waals surface area contributed by atoms with Gasteiger partial charge in [0.05, 0.1) is 18.5 Å². The zero-order valence-corrected chi connectivity index (χ0v) is 13.3. The highest BCUT2D eigenvalue weighted by Crippen LogP contribution is 2.32. The maximum Gasteiger partial charge on any atom is 0.187 e. The van der Waals surface area contributed by atoms with Crippen molar-refractivity contribution in [3.63, 3.8) is 0 Å². The Morgan fingerprint density at radius 1 is 0.833 bits per heavy atom. The van der Waals surface area contributed by atoms with Crippen molar-refractivity contribution < 1.29 is 53.6 Å². The van der Waals surface area contributed by atoms with E-state index in [1.54, 1.807) is 0 Å². The zero-order chi connectivity index (χ0) is 18.2. The summed E-state index contributed by atoms with van der Waals surface area (Å²) in [6, 6.07) is 0. The monoisotopic (exact) mass is 374 g/mol. The molecule has 2 heterocycles. The van der Waals surface area contributed by atoms with Crippen LogP contribution in [-0.4, -0.2) is 111 Å². The van der Waals surface area contributed by atoms with Gasteiger partial charge in [-0.25, -0.2) is 8.42 Å². The van der Waals surface area contributed by atoms with Crippen molar-refractivity contribution in [1.82, 2.24) is 0 Å². The molecule has 12 heteroatoms. The molecule has 24 heavy (non-hydrogen) atoms. The van der Waals surface area contributed by atoms with E-state index in [0.717, 1.165) is 0 Å². The predicted octanol–water partition coefficient (Wildman–Crippen LogP) is -4.97. The van der Waals surface area contributed by atoms with Gasteiger partial charge in [-0.3, -0.25) is 0 Å². The minimum absolute atomic E-state index is 0.496. The summed E-state index contributed by atoms with van der Waals surface area (Å²) in [6.07, 6.45) is -12.2. The SMILES string of the molecule is O=S(=O)([C@@H]1O[C@H](CO)[C@@H](O)[C@H](O)[C@H]1O)[C@H]1C[C@@H](O)[C@H](O)O[C@@H]1CO. The molecule has 0 spiro atoms. The summed E-state index contributed by atoms with van der Waals surface area (Å²) in [5, 5.41) is 65.3. The molecule has 2 aliphatic rings. The Morgan fingerprint density at radius 3 is 1.96 bits per heavy atom. The van der Waals surface area contributed by atoms with Crippen LogP contribution in [0.2, 0.25) is 0 Å². The highest BCUT2D eigenvalue weighted by molar-refractivity contribution is 7.92. The van der Waals surface area contributed by atoms with Crippen LogP contribution < -0.4 is 0 Å². The molecule has 7 N–H and O–H groups in total. The van der Waals surface area contributed by atoms with Gasteiger partial charge in [-0.15, -0.1) is 0 Å². The molecule has 0 aromatic carbocycles. The molecular weight excluding hydrogens is 352 g/mol. The molecule has 9 atom stereocenters. The topological polar surface area (TPSA) is 194 Å². The summed E-state index contributed by atoms with van der Waals surface area (Å²) in [7, 11) is -4.46. The van der Waals surface area contributed by atoms with Crippen LogP contribution in [0.1, 0.15) is 6.42 Å². The van der Waals surface area contributed by atoms with Gasteiger partial charge < -0.3 is 45.2 Å². The average molecular weight is 374 g/mol. The number of aliphatic hydroxyl groups is 7. The highest BCUT2D eigenvalue weighted by atomic mass is 32.2. The number of aliphatic hydroxyl groups excluding tert-OH is 7. The summed E-state index contributed by atoms with van der Waals surface area (Å²) < 4.78 is 35.4. The molecule has 0 aliphatic carbocycles. The third-order valence-corrected chi connectivity index (χ3v) is 6.68. The van der Waals surface area contributed by atoms with Gasteiger partial charge in [0.25, 0.3) is 0 Å². The fourth-order valence-corrected chi connectivity index (χ4v) is 5.11. The largest absolute Gasteiger partial charge is 0.394 e. The minimum atomic E-state index is -4.46. The lowest BCUT2D eigenvalue weighted by Crippen LogP contribution is -2.63. The van der Waals surface area contributed by atoms with Gasteiger partial charge in [0.1, 0.15) is 36.6 Å². The summed E-state index contributed by atoms with van der Waals surface area (Å²) in [4.78, 5) is 0. The molecule has 0 saturated carbocycles. The van der Waals surface area contributed by atoms with Crippen LogP contribution in [0.25, 0.3) is 0 Å². The molecule has 0 amide bonds. The van der Waals surface area contributed by atoms with E-state index in [2.05, 4.69) is 0 Å². The fourth-order valence-electron chi connectivity index (χ4n) is 2.88. The Hall–Kier alpha value is -0.410. The fraction of sp³-hybridized carbons (Fsp3) is 1.00. The van der Waals surface area contributed by atoms with E-state index in [9.17, 15) is 39.1 Å². The van der Waals surface area contributed by atoms with Gasteiger partial charge in [-0.2, -0.15) is 0 Å². The molecule has 142 valence electrons. The normalized spacial score (nSPS) is 47.5. The lowest BCUT2D eigenvalue weighted by atomic mass is 10.0. The minimum Gasteiger partial charge on any atom is -0.394 e. The molecule has 0 aromatic heterocycles. The van der Waals surface area contributed by atoms with Crippen molar-refractivity contribution in [3.05, 3.63) is 0 Å². The van der Waals surface area contributed by atoms with E-state index in [4.69, 9.17) is 14.6 Å². The standard InChI is InChI=1S/C12H22O11S/c13-2-5-7(1-4(15)11(19)22-5)24(20,21)12-10(18)9(17)8(16)6(3-14)23-12/h4-19H,1-3H2/t4-,5-,6-,7+,8-,9+,10-,11-,12+/m1/s1. The second-order valence-corrected chi connectivity index (χ2v) is 8.12. The quantitative estimate of drug-likeness (QED) is 0.249. The number of hydrogen-bond acceptors (Lipinski definition) is 11. The molecule has 2 aliphatic heterocycles. The Morgan fingerprint density at radius 2 is 1.42 bits per heavy atom. The molecule has 0 aromatic rings. The summed E-state index contributed by atoms with van der Waals surface area (Å²) >= 11 is 0. The first-order valence-corrected chi connectivity index (χ1v) is 8.91. The van der Waals surface area contributed by atoms with E-state index in [0.29, 0.717) is 0 Å². The highest BCUT2D eigenvalue weighted by Gasteiger charge is 2.54. The molecular formula is C12H22O11S. The first-order valence-electron chi connectivity index (χ1n) is 7.30. The van der Waals surface area contributed by atoms with Crippen molar-refractivity contribution >= 4 is 9.84 Å². The summed E-state index contributed by atoms with van der Waals surface area (Å²) in [6.45, 7) is -1.59. The van der Waals surface area contributed by atoms with Crippen LogP contribution in [0.3, 0.4) is 0 Å². The van der Waals surface area contributed by atoms with E-state index < -0.39 is 83.1 Å². The second kappa shape index (κ2) is 7.45. The molecule has 0 radical (unpaired) electrons. The average Bonchev–Trinajstić information content (AvgIpc) is 2.54. The van der Waals surface area contributed by atoms with Gasteiger partial charge in [0, 0.05) is 0 Å². The van der Waals surface area contributed by atoms with Crippen LogP contribution in [0, 0.1) is 0 Å². The number of ether oxygens (including phenoxy) is 2. The molecule has 0 unspecified atom stereocenters. The second-order valence-electron chi connectivity index (χ2n) is 5.88. The lowest BCUT2D eigenvalue weighted by Gasteiger charge is -2.43. The van der Waals surface area contributed by atoms with Gasteiger partial charge >= 0.3 is 0 Å². The van der Waals surface area contributed by atoms with Crippen LogP contribution in [0.15, 0.2) is 0 Å². The summed E-state index contributed by atoms with van der Waals surface area (Å²) in [5.74, 6) is 0. The predicted molar refractivity (Wildman–Crippen MR) is 75.1 cm³/mol. The maximum absolute atomic E-state index is 12.7. The van der Waals surface area contributed by atoms with Crippen LogP contribution >= 0.6 is 0 Å². The van der Waals surface area contributed by atoms with Gasteiger partial charge in [-0.05, 0) is 6.42 Å². The van der Waals surface area contributed by atoms with Crippen molar-refractivity contribution in [3.8, 4) is 0 Å². The van der Waals surface area contributed by atoms with E-state index >= 15 is 0 Å². The number of sulfone groups is 1.